The van der Waals surface area contributed by atoms with Crippen LogP contribution in [0.3, 0.4) is 0 Å². The van der Waals surface area contributed by atoms with Crippen LogP contribution in [-0.4, -0.2) is 11.2 Å². The SMILES string of the molecule is O=C=NC1(c2ccc(Br)cc2O)CCCC1. The summed E-state index contributed by atoms with van der Waals surface area (Å²) in [5, 5.41) is 9.92. The Morgan fingerprint density at radius 2 is 2.06 bits per heavy atom. The van der Waals surface area contributed by atoms with Gasteiger partial charge in [0.05, 0.1) is 0 Å². The molecule has 0 unspecified atom stereocenters. The van der Waals surface area contributed by atoms with Crippen molar-refractivity contribution in [1.82, 2.24) is 0 Å². The Morgan fingerprint density at radius 3 is 2.62 bits per heavy atom. The molecule has 1 saturated carbocycles. The third-order valence-electron chi connectivity index (χ3n) is 3.15. The van der Waals surface area contributed by atoms with Crippen LogP contribution in [0.15, 0.2) is 27.7 Å². The van der Waals surface area contributed by atoms with Crippen LogP contribution in [0.4, 0.5) is 0 Å². The predicted molar refractivity (Wildman–Crippen MR) is 64.1 cm³/mol. The molecule has 1 aromatic carbocycles. The van der Waals surface area contributed by atoms with Crippen LogP contribution in [0.1, 0.15) is 31.2 Å². The van der Waals surface area contributed by atoms with Crippen molar-refractivity contribution < 1.29 is 9.90 Å². The Hall–Kier alpha value is -1.12. The molecule has 1 aliphatic carbocycles. The number of hydrogen-bond acceptors (Lipinski definition) is 3. The number of aliphatic imine (C=N–C) groups is 1. The van der Waals surface area contributed by atoms with Gasteiger partial charge in [-0.1, -0.05) is 34.8 Å². The zero-order chi connectivity index (χ0) is 11.6. The lowest BCUT2D eigenvalue weighted by molar-refractivity contribution is 0.408. The van der Waals surface area contributed by atoms with Crippen molar-refractivity contribution in [3.63, 3.8) is 0 Å². The minimum absolute atomic E-state index is 0.190. The van der Waals surface area contributed by atoms with Crippen molar-refractivity contribution in [2.24, 2.45) is 4.99 Å². The molecule has 0 aromatic heterocycles. The van der Waals surface area contributed by atoms with Crippen molar-refractivity contribution >= 4 is 22.0 Å². The Labute approximate surface area is 102 Å². The molecule has 16 heavy (non-hydrogen) atoms. The van der Waals surface area contributed by atoms with Gasteiger partial charge in [-0.3, -0.25) is 0 Å². The molecule has 3 nitrogen and oxygen atoms in total. The predicted octanol–water partition coefficient (Wildman–Crippen LogP) is 3.26. The van der Waals surface area contributed by atoms with Gasteiger partial charge in [-0.2, -0.15) is 4.99 Å². The summed E-state index contributed by atoms with van der Waals surface area (Å²) in [4.78, 5) is 14.5. The second kappa shape index (κ2) is 4.40. The van der Waals surface area contributed by atoms with Gasteiger partial charge in [-0.25, -0.2) is 4.79 Å². The van der Waals surface area contributed by atoms with Gasteiger partial charge in [0.1, 0.15) is 11.3 Å². The maximum atomic E-state index is 10.5. The van der Waals surface area contributed by atoms with E-state index in [1.54, 1.807) is 12.1 Å². The number of carbonyl (C=O) groups excluding carboxylic acids is 1. The van der Waals surface area contributed by atoms with E-state index in [2.05, 4.69) is 20.9 Å². The van der Waals surface area contributed by atoms with Crippen molar-refractivity contribution in [2.75, 3.05) is 0 Å². The monoisotopic (exact) mass is 281 g/mol. The maximum absolute atomic E-state index is 10.5. The van der Waals surface area contributed by atoms with Crippen LogP contribution >= 0.6 is 15.9 Å². The molecular formula is C12H12BrNO2. The molecule has 1 N–H and O–H groups in total. The first-order valence-corrected chi connectivity index (χ1v) is 6.05. The quantitative estimate of drug-likeness (QED) is 0.668. The Balaban J connectivity index is 2.51. The molecule has 0 atom stereocenters. The first-order valence-electron chi connectivity index (χ1n) is 5.26. The number of halogens is 1. The second-order valence-electron chi connectivity index (χ2n) is 4.10. The summed E-state index contributed by atoms with van der Waals surface area (Å²) < 4.78 is 0.817. The fourth-order valence-corrected chi connectivity index (χ4v) is 2.74. The lowest BCUT2D eigenvalue weighted by Crippen LogP contribution is -2.18. The Bertz CT molecular complexity index is 446. The number of phenols is 1. The minimum atomic E-state index is -0.549. The fourth-order valence-electron chi connectivity index (χ4n) is 2.39. The van der Waals surface area contributed by atoms with Gasteiger partial charge in [0.25, 0.3) is 0 Å². The summed E-state index contributed by atoms with van der Waals surface area (Å²) >= 11 is 3.29. The van der Waals surface area contributed by atoms with E-state index < -0.39 is 5.54 Å². The number of nitrogens with zero attached hydrogens (tertiary/aromatic N) is 1. The molecule has 0 aliphatic heterocycles. The first kappa shape index (κ1) is 11.4. The summed E-state index contributed by atoms with van der Waals surface area (Å²) in [5.74, 6) is 0.190. The second-order valence-corrected chi connectivity index (χ2v) is 5.02. The van der Waals surface area contributed by atoms with Crippen LogP contribution in [0, 0.1) is 0 Å². The van der Waals surface area contributed by atoms with Crippen LogP contribution in [0.2, 0.25) is 0 Å². The van der Waals surface area contributed by atoms with Gasteiger partial charge in [0.15, 0.2) is 0 Å². The van der Waals surface area contributed by atoms with E-state index >= 15 is 0 Å². The standard InChI is InChI=1S/C12H12BrNO2/c13-9-3-4-10(11(16)7-9)12(14-8-15)5-1-2-6-12/h3-4,7,16H,1-2,5-6H2. The van der Waals surface area contributed by atoms with E-state index in [0.717, 1.165) is 35.7 Å². The molecule has 1 fully saturated rings. The lowest BCUT2D eigenvalue weighted by atomic mass is 9.88. The maximum Gasteiger partial charge on any atom is 0.235 e. The number of benzene rings is 1. The van der Waals surface area contributed by atoms with Crippen molar-refractivity contribution in [3.8, 4) is 5.75 Å². The first-order chi connectivity index (χ1) is 7.68. The van der Waals surface area contributed by atoms with Gasteiger partial charge >= 0.3 is 0 Å². The summed E-state index contributed by atoms with van der Waals surface area (Å²) in [7, 11) is 0. The Morgan fingerprint density at radius 1 is 1.38 bits per heavy atom. The van der Waals surface area contributed by atoms with E-state index in [9.17, 15) is 9.90 Å². The highest BCUT2D eigenvalue weighted by Gasteiger charge is 2.37. The van der Waals surface area contributed by atoms with E-state index in [-0.39, 0.29) is 5.75 Å². The average Bonchev–Trinajstić information content (AvgIpc) is 2.67. The normalized spacial score (nSPS) is 18.1. The zero-order valence-electron chi connectivity index (χ0n) is 8.74. The van der Waals surface area contributed by atoms with E-state index in [1.807, 2.05) is 12.1 Å². The van der Waals surface area contributed by atoms with Gasteiger partial charge in [-0.05, 0) is 25.0 Å². The number of hydrogen-bond donors (Lipinski definition) is 1. The third kappa shape index (κ3) is 1.91. The van der Waals surface area contributed by atoms with Crippen molar-refractivity contribution in [3.05, 3.63) is 28.2 Å². The molecule has 84 valence electrons. The zero-order valence-corrected chi connectivity index (χ0v) is 10.3. The molecule has 0 spiro atoms. The summed E-state index contributed by atoms with van der Waals surface area (Å²) in [6.45, 7) is 0. The molecule has 1 aromatic rings. The highest BCUT2D eigenvalue weighted by Crippen LogP contribution is 2.45. The van der Waals surface area contributed by atoms with Crippen molar-refractivity contribution in [2.45, 2.75) is 31.2 Å². The molecule has 0 saturated heterocycles. The molecular weight excluding hydrogens is 270 g/mol. The molecule has 0 heterocycles. The summed E-state index contributed by atoms with van der Waals surface area (Å²) in [6, 6.07) is 5.32. The fraction of sp³-hybridized carbons (Fsp3) is 0.417. The molecule has 0 amide bonds. The molecule has 0 radical (unpaired) electrons. The summed E-state index contributed by atoms with van der Waals surface area (Å²) in [6.07, 6.45) is 5.31. The third-order valence-corrected chi connectivity index (χ3v) is 3.64. The van der Waals surface area contributed by atoms with Crippen LogP contribution < -0.4 is 0 Å². The van der Waals surface area contributed by atoms with Crippen LogP contribution in [0.5, 0.6) is 5.75 Å². The van der Waals surface area contributed by atoms with Crippen LogP contribution in [-0.2, 0) is 10.3 Å². The number of phenolic OH excluding ortho intramolecular Hbond substituents is 1. The van der Waals surface area contributed by atoms with Gasteiger partial charge in [0.2, 0.25) is 6.08 Å². The van der Waals surface area contributed by atoms with E-state index in [1.165, 1.54) is 0 Å². The molecule has 4 heteroatoms. The smallest absolute Gasteiger partial charge is 0.235 e. The van der Waals surface area contributed by atoms with Gasteiger partial charge in [0, 0.05) is 10.0 Å². The highest BCUT2D eigenvalue weighted by molar-refractivity contribution is 9.10. The number of aromatic hydroxyl groups is 1. The van der Waals surface area contributed by atoms with E-state index in [4.69, 9.17) is 0 Å². The minimum Gasteiger partial charge on any atom is -0.508 e. The summed E-state index contributed by atoms with van der Waals surface area (Å²) in [5.41, 5.74) is 0.184. The highest BCUT2D eigenvalue weighted by atomic mass is 79.9. The molecule has 0 bridgehead atoms. The average molecular weight is 282 g/mol. The van der Waals surface area contributed by atoms with Gasteiger partial charge in [-0.15, -0.1) is 0 Å². The van der Waals surface area contributed by atoms with Gasteiger partial charge < -0.3 is 5.11 Å². The number of isocyanates is 1. The van der Waals surface area contributed by atoms with Crippen molar-refractivity contribution in [1.29, 1.82) is 0 Å². The topological polar surface area (TPSA) is 49.7 Å². The molecule has 1 aliphatic rings. The number of rotatable bonds is 2. The largest absolute Gasteiger partial charge is 0.508 e. The van der Waals surface area contributed by atoms with Crippen LogP contribution in [0.25, 0.3) is 0 Å². The van der Waals surface area contributed by atoms with E-state index in [0.29, 0.717) is 0 Å². The molecule has 2 rings (SSSR count). The lowest BCUT2D eigenvalue weighted by Gasteiger charge is -2.23. The Kier molecular flexibility index (Phi) is 3.13.